The van der Waals surface area contributed by atoms with Gasteiger partial charge in [0.1, 0.15) is 0 Å². The lowest BCUT2D eigenvalue weighted by molar-refractivity contribution is 0.0805. The maximum absolute atomic E-state index is 5.36. The van der Waals surface area contributed by atoms with Crippen LogP contribution in [0.25, 0.3) is 0 Å². The molecule has 0 atom stereocenters. The van der Waals surface area contributed by atoms with Crippen molar-refractivity contribution >= 4 is 0 Å². The lowest BCUT2D eigenvalue weighted by Gasteiger charge is -2.09. The van der Waals surface area contributed by atoms with Crippen molar-refractivity contribution in [3.05, 3.63) is 0 Å². The SMILES string of the molecule is CC(C)CNCCOC(C)C. The molecule has 0 aliphatic heterocycles. The van der Waals surface area contributed by atoms with Crippen molar-refractivity contribution in [2.24, 2.45) is 5.92 Å². The molecule has 0 rings (SSSR count). The molecule has 0 saturated heterocycles. The van der Waals surface area contributed by atoms with Crippen molar-refractivity contribution in [2.75, 3.05) is 19.7 Å². The van der Waals surface area contributed by atoms with Gasteiger partial charge in [0, 0.05) is 6.54 Å². The Morgan fingerprint density at radius 3 is 2.27 bits per heavy atom. The topological polar surface area (TPSA) is 21.3 Å². The van der Waals surface area contributed by atoms with Gasteiger partial charge < -0.3 is 10.1 Å². The summed E-state index contributed by atoms with van der Waals surface area (Å²) in [6.45, 7) is 11.4. The highest BCUT2D eigenvalue weighted by atomic mass is 16.5. The summed E-state index contributed by atoms with van der Waals surface area (Å²) in [7, 11) is 0. The number of hydrogen-bond donors (Lipinski definition) is 1. The second kappa shape index (κ2) is 6.62. The van der Waals surface area contributed by atoms with Crippen LogP contribution in [0.3, 0.4) is 0 Å². The third kappa shape index (κ3) is 9.92. The van der Waals surface area contributed by atoms with Crippen LogP contribution in [0, 0.1) is 5.92 Å². The van der Waals surface area contributed by atoms with Gasteiger partial charge in [-0.15, -0.1) is 0 Å². The summed E-state index contributed by atoms with van der Waals surface area (Å²) in [5.74, 6) is 0.731. The van der Waals surface area contributed by atoms with Crippen LogP contribution in [0.2, 0.25) is 0 Å². The first-order valence-electron chi connectivity index (χ1n) is 4.45. The normalized spacial score (nSPS) is 11.5. The van der Waals surface area contributed by atoms with Gasteiger partial charge in [-0.1, -0.05) is 13.8 Å². The van der Waals surface area contributed by atoms with Crippen molar-refractivity contribution in [3.8, 4) is 0 Å². The van der Waals surface area contributed by atoms with Crippen LogP contribution in [0.1, 0.15) is 27.7 Å². The molecular formula is C9H21NO. The van der Waals surface area contributed by atoms with Gasteiger partial charge in [-0.25, -0.2) is 0 Å². The van der Waals surface area contributed by atoms with E-state index in [-0.39, 0.29) is 0 Å². The first kappa shape index (κ1) is 10.9. The van der Waals surface area contributed by atoms with E-state index < -0.39 is 0 Å². The van der Waals surface area contributed by atoms with E-state index in [2.05, 4.69) is 33.0 Å². The molecule has 11 heavy (non-hydrogen) atoms. The van der Waals surface area contributed by atoms with Crippen LogP contribution in [-0.4, -0.2) is 25.8 Å². The van der Waals surface area contributed by atoms with E-state index in [9.17, 15) is 0 Å². The van der Waals surface area contributed by atoms with E-state index in [1.165, 1.54) is 0 Å². The Balaban J connectivity index is 2.91. The molecule has 0 fully saturated rings. The molecule has 0 heterocycles. The fourth-order valence-corrected chi connectivity index (χ4v) is 0.758. The van der Waals surface area contributed by atoms with Crippen molar-refractivity contribution < 1.29 is 4.74 Å². The van der Waals surface area contributed by atoms with E-state index in [0.717, 1.165) is 25.6 Å². The van der Waals surface area contributed by atoms with Crippen LogP contribution >= 0.6 is 0 Å². The Labute approximate surface area is 70.3 Å². The monoisotopic (exact) mass is 159 g/mol. The third-order valence-electron chi connectivity index (χ3n) is 1.28. The molecule has 1 N–H and O–H groups in total. The molecule has 0 spiro atoms. The van der Waals surface area contributed by atoms with Gasteiger partial charge in [0.15, 0.2) is 0 Å². The highest BCUT2D eigenvalue weighted by Gasteiger charge is 1.93. The summed E-state index contributed by atoms with van der Waals surface area (Å²) < 4.78 is 5.36. The lowest BCUT2D eigenvalue weighted by atomic mass is 10.2. The first-order valence-corrected chi connectivity index (χ1v) is 4.45. The fourth-order valence-electron chi connectivity index (χ4n) is 0.758. The smallest absolute Gasteiger partial charge is 0.0594 e. The minimum Gasteiger partial charge on any atom is -0.377 e. The summed E-state index contributed by atoms with van der Waals surface area (Å²) >= 11 is 0. The molecule has 0 aromatic rings. The Morgan fingerprint density at radius 2 is 1.82 bits per heavy atom. The molecule has 68 valence electrons. The molecule has 0 aliphatic carbocycles. The molecule has 0 bridgehead atoms. The van der Waals surface area contributed by atoms with Crippen LogP contribution in [0.4, 0.5) is 0 Å². The average Bonchev–Trinajstić information content (AvgIpc) is 1.85. The Hall–Kier alpha value is -0.0800. The average molecular weight is 159 g/mol. The second-order valence-electron chi connectivity index (χ2n) is 3.52. The molecule has 2 nitrogen and oxygen atoms in total. The van der Waals surface area contributed by atoms with Crippen LogP contribution in [0.5, 0.6) is 0 Å². The minimum absolute atomic E-state index is 0.357. The summed E-state index contributed by atoms with van der Waals surface area (Å²) in [6, 6.07) is 0. The molecule has 0 aromatic heterocycles. The first-order chi connectivity index (χ1) is 5.13. The fraction of sp³-hybridized carbons (Fsp3) is 1.00. The maximum atomic E-state index is 5.36. The van der Waals surface area contributed by atoms with Gasteiger partial charge in [-0.05, 0) is 26.3 Å². The number of nitrogens with one attached hydrogen (secondary N) is 1. The van der Waals surface area contributed by atoms with Gasteiger partial charge in [-0.3, -0.25) is 0 Å². The van der Waals surface area contributed by atoms with E-state index in [1.807, 2.05) is 0 Å². The van der Waals surface area contributed by atoms with Crippen molar-refractivity contribution in [1.29, 1.82) is 0 Å². The largest absolute Gasteiger partial charge is 0.377 e. The van der Waals surface area contributed by atoms with Crippen molar-refractivity contribution in [1.82, 2.24) is 5.32 Å². The van der Waals surface area contributed by atoms with Crippen LogP contribution in [-0.2, 0) is 4.74 Å². The van der Waals surface area contributed by atoms with Crippen LogP contribution < -0.4 is 5.32 Å². The van der Waals surface area contributed by atoms with Crippen LogP contribution in [0.15, 0.2) is 0 Å². The van der Waals surface area contributed by atoms with Gasteiger partial charge in [0.25, 0.3) is 0 Å². The summed E-state index contributed by atoms with van der Waals surface area (Å²) in [6.07, 6.45) is 0.357. The van der Waals surface area contributed by atoms with E-state index >= 15 is 0 Å². The second-order valence-corrected chi connectivity index (χ2v) is 3.52. The maximum Gasteiger partial charge on any atom is 0.0594 e. The summed E-state index contributed by atoms with van der Waals surface area (Å²) in [5, 5.41) is 3.32. The minimum atomic E-state index is 0.357. The highest BCUT2D eigenvalue weighted by Crippen LogP contribution is 1.88. The highest BCUT2D eigenvalue weighted by molar-refractivity contribution is 4.50. The summed E-state index contributed by atoms with van der Waals surface area (Å²) in [4.78, 5) is 0. The summed E-state index contributed by atoms with van der Waals surface area (Å²) in [5.41, 5.74) is 0. The molecule has 0 unspecified atom stereocenters. The Kier molecular flexibility index (Phi) is 6.57. The Morgan fingerprint density at radius 1 is 1.18 bits per heavy atom. The molecule has 2 heteroatoms. The van der Waals surface area contributed by atoms with Gasteiger partial charge >= 0.3 is 0 Å². The number of ether oxygens (including phenoxy) is 1. The van der Waals surface area contributed by atoms with E-state index in [4.69, 9.17) is 4.74 Å². The third-order valence-corrected chi connectivity index (χ3v) is 1.28. The quantitative estimate of drug-likeness (QED) is 0.595. The predicted molar refractivity (Wildman–Crippen MR) is 48.8 cm³/mol. The zero-order valence-electron chi connectivity index (χ0n) is 8.18. The number of rotatable bonds is 6. The molecular weight excluding hydrogens is 138 g/mol. The Bertz CT molecular complexity index is 71.6. The number of hydrogen-bond acceptors (Lipinski definition) is 2. The molecule has 0 aliphatic rings. The van der Waals surface area contributed by atoms with Crippen molar-refractivity contribution in [2.45, 2.75) is 33.8 Å². The molecule has 0 aromatic carbocycles. The van der Waals surface area contributed by atoms with Gasteiger partial charge in [0.05, 0.1) is 12.7 Å². The van der Waals surface area contributed by atoms with Crippen molar-refractivity contribution in [3.63, 3.8) is 0 Å². The zero-order chi connectivity index (χ0) is 8.69. The molecule has 0 amide bonds. The van der Waals surface area contributed by atoms with E-state index in [1.54, 1.807) is 0 Å². The zero-order valence-corrected chi connectivity index (χ0v) is 8.18. The predicted octanol–water partition coefficient (Wildman–Crippen LogP) is 1.66. The van der Waals surface area contributed by atoms with E-state index in [0.29, 0.717) is 6.10 Å². The lowest BCUT2D eigenvalue weighted by Crippen LogP contribution is -2.24. The standard InChI is InChI=1S/C9H21NO/c1-8(2)7-10-5-6-11-9(3)4/h8-10H,5-7H2,1-4H3. The van der Waals surface area contributed by atoms with Gasteiger partial charge in [0.2, 0.25) is 0 Å². The van der Waals surface area contributed by atoms with Gasteiger partial charge in [-0.2, -0.15) is 0 Å². The molecule has 0 saturated carbocycles. The molecule has 0 radical (unpaired) electrons.